The van der Waals surface area contributed by atoms with Gasteiger partial charge in [-0.15, -0.1) is 0 Å². The molecule has 0 aromatic heterocycles. The van der Waals surface area contributed by atoms with Gasteiger partial charge in [0.15, 0.2) is 0 Å². The van der Waals surface area contributed by atoms with Crippen LogP contribution in [0.4, 0.5) is 0 Å². The minimum Gasteiger partial charge on any atom is -0.263 e. The van der Waals surface area contributed by atoms with Crippen LogP contribution in [0.3, 0.4) is 0 Å². The summed E-state index contributed by atoms with van der Waals surface area (Å²) in [5.41, 5.74) is 1.05. The van der Waals surface area contributed by atoms with E-state index in [4.69, 9.17) is 0 Å². The smallest absolute Gasteiger partial charge is 0.0251 e. The van der Waals surface area contributed by atoms with E-state index in [1.807, 2.05) is 33.9 Å². The molecule has 0 aromatic carbocycles. The molecule has 0 radical (unpaired) electrons. The Kier molecular flexibility index (Phi) is 12.4. The highest BCUT2D eigenvalue weighted by molar-refractivity contribution is 8.01. The van der Waals surface area contributed by atoms with Gasteiger partial charge in [-0.25, -0.2) is 0 Å². The van der Waals surface area contributed by atoms with Gasteiger partial charge in [0.2, 0.25) is 0 Å². The van der Waals surface area contributed by atoms with E-state index in [0.29, 0.717) is 0 Å². The van der Waals surface area contributed by atoms with Crippen LogP contribution in [0.25, 0.3) is 0 Å². The summed E-state index contributed by atoms with van der Waals surface area (Å²) in [5.74, 6) is 0. The fraction of sp³-hybridized carbons (Fsp3) is 0.400. The van der Waals surface area contributed by atoms with Gasteiger partial charge < -0.3 is 0 Å². The van der Waals surface area contributed by atoms with Gasteiger partial charge in [-0.3, -0.25) is 4.72 Å². The van der Waals surface area contributed by atoms with Crippen molar-refractivity contribution in [3.05, 3.63) is 35.8 Å². The lowest BCUT2D eigenvalue weighted by molar-refractivity contribution is 1.30. The van der Waals surface area contributed by atoms with E-state index in [-0.39, 0.29) is 0 Å². The molecule has 0 unspecified atom stereocenters. The summed E-state index contributed by atoms with van der Waals surface area (Å²) < 4.78 is 2.97. The monoisotopic (exact) mass is 185 g/mol. The number of hydrogen-bond acceptors (Lipinski definition) is 2. The number of allylic oxidation sites excluding steroid dienone is 3. The van der Waals surface area contributed by atoms with Crippen LogP contribution in [0.5, 0.6) is 0 Å². The first-order valence-electron chi connectivity index (χ1n) is 4.04. The van der Waals surface area contributed by atoms with Gasteiger partial charge in [-0.05, 0) is 37.6 Å². The predicted octanol–water partition coefficient (Wildman–Crippen LogP) is 3.53. The highest BCUT2D eigenvalue weighted by atomic mass is 32.2. The molecule has 0 aliphatic rings. The summed E-state index contributed by atoms with van der Waals surface area (Å²) in [6.45, 7) is 13.4. The molecule has 2 heteroatoms. The van der Waals surface area contributed by atoms with Crippen molar-refractivity contribution in [1.82, 2.24) is 4.72 Å². The van der Waals surface area contributed by atoms with E-state index < -0.39 is 0 Å². The van der Waals surface area contributed by atoms with E-state index in [1.165, 1.54) is 0 Å². The fourth-order valence-electron chi connectivity index (χ4n) is 0.480. The molecule has 0 fully saturated rings. The van der Waals surface area contributed by atoms with Crippen molar-refractivity contribution in [3.8, 4) is 0 Å². The molecule has 12 heavy (non-hydrogen) atoms. The lowest BCUT2D eigenvalue weighted by atomic mass is 10.3. The number of rotatable bonds is 4. The van der Waals surface area contributed by atoms with E-state index in [0.717, 1.165) is 10.5 Å². The van der Waals surface area contributed by atoms with Gasteiger partial charge in [-0.2, -0.15) is 0 Å². The molecule has 1 N–H and O–H groups in total. The fourth-order valence-corrected chi connectivity index (χ4v) is 1.04. The molecular weight excluding hydrogens is 166 g/mol. The molecule has 0 atom stereocenters. The normalized spacial score (nSPS) is 9.83. The van der Waals surface area contributed by atoms with E-state index in [1.54, 1.807) is 18.0 Å². The van der Waals surface area contributed by atoms with Gasteiger partial charge >= 0.3 is 0 Å². The molecular formula is C10H19NS. The summed E-state index contributed by atoms with van der Waals surface area (Å²) in [6, 6.07) is 0. The minimum atomic E-state index is 1.05. The molecule has 0 aliphatic carbocycles. The Labute approximate surface area is 80.8 Å². The Bertz CT molecular complexity index is 159. The molecule has 0 rings (SSSR count). The van der Waals surface area contributed by atoms with Gasteiger partial charge in [-0.1, -0.05) is 33.1 Å². The first-order chi connectivity index (χ1) is 5.72. The summed E-state index contributed by atoms with van der Waals surface area (Å²) in [7, 11) is 1.88. The Balaban J connectivity index is 0. The Morgan fingerprint density at radius 2 is 1.92 bits per heavy atom. The molecule has 70 valence electrons. The van der Waals surface area contributed by atoms with Crippen LogP contribution >= 0.6 is 11.9 Å². The number of nitrogens with one attached hydrogen (secondary N) is 1. The van der Waals surface area contributed by atoms with Crippen molar-refractivity contribution in [2.75, 3.05) is 7.05 Å². The topological polar surface area (TPSA) is 12.0 Å². The highest BCUT2D eigenvalue weighted by Gasteiger charge is 1.93. The van der Waals surface area contributed by atoms with Crippen LogP contribution in [0.2, 0.25) is 0 Å². The number of hydrogen-bond donors (Lipinski definition) is 1. The van der Waals surface area contributed by atoms with Crippen LogP contribution < -0.4 is 4.72 Å². The zero-order chi connectivity index (χ0) is 9.98. The molecule has 0 heterocycles. The lowest BCUT2D eigenvalue weighted by Gasteiger charge is -2.02. The maximum absolute atomic E-state index is 3.82. The van der Waals surface area contributed by atoms with E-state index >= 15 is 0 Å². The second-order valence-electron chi connectivity index (χ2n) is 1.85. The first kappa shape index (κ1) is 14.1. The molecule has 1 nitrogen and oxygen atoms in total. The molecule has 0 amide bonds. The minimum absolute atomic E-state index is 1.05. The Hall–Kier alpha value is -0.470. The quantitative estimate of drug-likeness (QED) is 0.531. The summed E-state index contributed by atoms with van der Waals surface area (Å²) in [5, 5.41) is 0. The molecule has 0 aliphatic heterocycles. The largest absolute Gasteiger partial charge is 0.263 e. The SMILES string of the molecule is C=C/C=C(/SNC)C(=C)C.CC. The zero-order valence-electron chi connectivity index (χ0n) is 8.48. The molecule has 0 aromatic rings. The van der Waals surface area contributed by atoms with Gasteiger partial charge in [0.1, 0.15) is 0 Å². The zero-order valence-corrected chi connectivity index (χ0v) is 9.29. The van der Waals surface area contributed by atoms with Crippen molar-refractivity contribution in [1.29, 1.82) is 0 Å². The van der Waals surface area contributed by atoms with Crippen LogP contribution in [0.1, 0.15) is 20.8 Å². The summed E-state index contributed by atoms with van der Waals surface area (Å²) >= 11 is 1.55. The maximum Gasteiger partial charge on any atom is 0.0251 e. The van der Waals surface area contributed by atoms with Crippen molar-refractivity contribution in [2.24, 2.45) is 0 Å². The molecule has 0 saturated carbocycles. The summed E-state index contributed by atoms with van der Waals surface area (Å²) in [4.78, 5) is 1.12. The Morgan fingerprint density at radius 3 is 2.17 bits per heavy atom. The van der Waals surface area contributed by atoms with Gasteiger partial charge in [0.05, 0.1) is 0 Å². The first-order valence-corrected chi connectivity index (χ1v) is 4.86. The van der Waals surface area contributed by atoms with Crippen molar-refractivity contribution >= 4 is 11.9 Å². The molecule has 0 saturated heterocycles. The molecule has 0 bridgehead atoms. The van der Waals surface area contributed by atoms with Crippen molar-refractivity contribution < 1.29 is 0 Å². The average Bonchev–Trinajstić information content (AvgIpc) is 2.08. The van der Waals surface area contributed by atoms with Crippen molar-refractivity contribution in [2.45, 2.75) is 20.8 Å². The standard InChI is InChI=1S/C8H13NS.C2H6/c1-5-6-8(7(2)3)10-9-4;1-2/h5-6,9H,1-2H2,3-4H3;1-2H3/b8-6+;. The van der Waals surface area contributed by atoms with Crippen LogP contribution in [0.15, 0.2) is 35.8 Å². The highest BCUT2D eigenvalue weighted by Crippen LogP contribution is 2.18. The second kappa shape index (κ2) is 10.5. The Morgan fingerprint density at radius 1 is 1.42 bits per heavy atom. The summed E-state index contributed by atoms with van der Waals surface area (Å²) in [6.07, 6.45) is 3.69. The van der Waals surface area contributed by atoms with Gasteiger partial charge in [0.25, 0.3) is 0 Å². The van der Waals surface area contributed by atoms with Gasteiger partial charge in [0, 0.05) is 4.91 Å². The van der Waals surface area contributed by atoms with Crippen molar-refractivity contribution in [3.63, 3.8) is 0 Å². The second-order valence-corrected chi connectivity index (χ2v) is 2.91. The third-order valence-corrected chi connectivity index (χ3v) is 1.81. The average molecular weight is 185 g/mol. The predicted molar refractivity (Wildman–Crippen MR) is 61.1 cm³/mol. The third kappa shape index (κ3) is 7.63. The molecule has 0 spiro atoms. The maximum atomic E-state index is 3.82. The third-order valence-electron chi connectivity index (χ3n) is 0.902. The van der Waals surface area contributed by atoms with Crippen LogP contribution in [-0.2, 0) is 0 Å². The van der Waals surface area contributed by atoms with E-state index in [2.05, 4.69) is 17.9 Å². The van der Waals surface area contributed by atoms with Crippen LogP contribution in [-0.4, -0.2) is 7.05 Å². The lowest BCUT2D eigenvalue weighted by Crippen LogP contribution is -1.92. The van der Waals surface area contributed by atoms with Crippen LogP contribution in [0, 0.1) is 0 Å². The van der Waals surface area contributed by atoms with E-state index in [9.17, 15) is 0 Å².